The first kappa shape index (κ1) is 15.9. The molecule has 6 heteroatoms. The van der Waals surface area contributed by atoms with E-state index in [1.54, 1.807) is 23.9 Å². The Morgan fingerprint density at radius 1 is 1.29 bits per heavy atom. The second-order valence-corrected chi connectivity index (χ2v) is 6.43. The number of aromatic amines is 1. The van der Waals surface area contributed by atoms with E-state index in [2.05, 4.69) is 11.9 Å². The van der Waals surface area contributed by atoms with Crippen LogP contribution in [0.25, 0.3) is 11.1 Å². The Kier molecular flexibility index (Phi) is 5.31. The third kappa shape index (κ3) is 3.60. The molecule has 112 valence electrons. The predicted octanol–water partition coefficient (Wildman–Crippen LogP) is 3.00. The van der Waals surface area contributed by atoms with Crippen LogP contribution in [0, 0.1) is 0 Å². The molecule has 1 heterocycles. The molecule has 0 saturated heterocycles. The van der Waals surface area contributed by atoms with Crippen LogP contribution < -0.4 is 11.2 Å². The highest BCUT2D eigenvalue weighted by atomic mass is 35.5. The Labute approximate surface area is 132 Å². The maximum atomic E-state index is 12.6. The van der Waals surface area contributed by atoms with Gasteiger partial charge in [-0.05, 0) is 18.2 Å². The lowest BCUT2D eigenvalue weighted by atomic mass is 10.1. The van der Waals surface area contributed by atoms with Gasteiger partial charge in [0.2, 0.25) is 0 Å². The molecule has 0 spiro atoms. The highest BCUT2D eigenvalue weighted by molar-refractivity contribution is 7.99. The Bertz CT molecular complexity index is 725. The average molecular weight is 325 g/mol. The van der Waals surface area contributed by atoms with Gasteiger partial charge in [-0.25, -0.2) is 4.79 Å². The molecule has 0 saturated carbocycles. The highest BCUT2D eigenvalue weighted by Gasteiger charge is 2.14. The van der Waals surface area contributed by atoms with Gasteiger partial charge in [0.25, 0.3) is 5.56 Å². The van der Waals surface area contributed by atoms with E-state index < -0.39 is 5.69 Å². The average Bonchev–Trinajstić information content (AvgIpc) is 2.47. The van der Waals surface area contributed by atoms with Crippen molar-refractivity contribution in [3.63, 3.8) is 0 Å². The van der Waals surface area contributed by atoms with Gasteiger partial charge in [0, 0.05) is 11.8 Å². The second-order valence-electron chi connectivity index (χ2n) is 4.78. The van der Waals surface area contributed by atoms with Crippen LogP contribution in [0.2, 0.25) is 5.15 Å². The molecule has 1 aromatic carbocycles. The summed E-state index contributed by atoms with van der Waals surface area (Å²) in [5.41, 5.74) is 0.241. The Morgan fingerprint density at radius 3 is 2.57 bits per heavy atom. The van der Waals surface area contributed by atoms with Crippen LogP contribution in [0.4, 0.5) is 0 Å². The minimum Gasteiger partial charge on any atom is -0.297 e. The Morgan fingerprint density at radius 2 is 1.95 bits per heavy atom. The van der Waals surface area contributed by atoms with Gasteiger partial charge in [-0.15, -0.1) is 0 Å². The standard InChI is InChI=1S/C15H17ClN2O2S/c1-10(21-2)8-9-18-14(19)12(13(16)17-15(18)20)11-6-4-3-5-7-11/h3-7,10H,8-9H2,1-2H3,(H,17,20). The molecule has 0 bridgehead atoms. The summed E-state index contributed by atoms with van der Waals surface area (Å²) in [6.07, 6.45) is 2.76. The molecule has 1 N–H and O–H groups in total. The zero-order chi connectivity index (χ0) is 15.4. The van der Waals surface area contributed by atoms with Crippen molar-refractivity contribution in [3.05, 3.63) is 56.3 Å². The SMILES string of the molecule is CSC(C)CCn1c(=O)[nH]c(Cl)c(-c2ccccc2)c1=O. The molecule has 0 aliphatic carbocycles. The molecule has 1 unspecified atom stereocenters. The second kappa shape index (κ2) is 7.00. The molecule has 0 aliphatic rings. The normalized spacial score (nSPS) is 12.3. The summed E-state index contributed by atoms with van der Waals surface area (Å²) in [7, 11) is 0. The number of H-pyrrole nitrogens is 1. The maximum Gasteiger partial charge on any atom is 0.329 e. The topological polar surface area (TPSA) is 54.9 Å². The fourth-order valence-corrected chi connectivity index (χ4v) is 2.64. The molecule has 0 amide bonds. The highest BCUT2D eigenvalue weighted by Crippen LogP contribution is 2.21. The molecule has 0 aliphatic heterocycles. The molecule has 4 nitrogen and oxygen atoms in total. The fraction of sp³-hybridized carbons (Fsp3) is 0.333. The van der Waals surface area contributed by atoms with Crippen LogP contribution in [0.5, 0.6) is 0 Å². The molecule has 0 radical (unpaired) electrons. The number of benzene rings is 1. The van der Waals surface area contributed by atoms with Crippen molar-refractivity contribution in [3.8, 4) is 11.1 Å². The van der Waals surface area contributed by atoms with E-state index in [1.165, 1.54) is 4.57 Å². The van der Waals surface area contributed by atoms with Crippen LogP contribution in [-0.4, -0.2) is 21.1 Å². The summed E-state index contributed by atoms with van der Waals surface area (Å²) in [6.45, 7) is 2.45. The summed E-state index contributed by atoms with van der Waals surface area (Å²) < 4.78 is 1.22. The van der Waals surface area contributed by atoms with Gasteiger partial charge < -0.3 is 0 Å². The minimum absolute atomic E-state index is 0.0883. The summed E-state index contributed by atoms with van der Waals surface area (Å²) in [6, 6.07) is 9.13. The van der Waals surface area contributed by atoms with Gasteiger partial charge >= 0.3 is 5.69 Å². The van der Waals surface area contributed by atoms with Crippen LogP contribution in [0.15, 0.2) is 39.9 Å². The quantitative estimate of drug-likeness (QED) is 0.860. The van der Waals surface area contributed by atoms with E-state index in [9.17, 15) is 9.59 Å². The summed E-state index contributed by atoms with van der Waals surface area (Å²) in [5, 5.41) is 0.470. The van der Waals surface area contributed by atoms with Crippen molar-refractivity contribution in [2.24, 2.45) is 0 Å². The smallest absolute Gasteiger partial charge is 0.297 e. The maximum absolute atomic E-state index is 12.6. The Hall–Kier alpha value is -1.46. The summed E-state index contributed by atoms with van der Waals surface area (Å²) >= 11 is 7.76. The first-order valence-electron chi connectivity index (χ1n) is 6.65. The lowest BCUT2D eigenvalue weighted by Gasteiger charge is -2.11. The van der Waals surface area contributed by atoms with E-state index in [4.69, 9.17) is 11.6 Å². The van der Waals surface area contributed by atoms with Crippen molar-refractivity contribution >= 4 is 23.4 Å². The number of aromatic nitrogens is 2. The van der Waals surface area contributed by atoms with Crippen LogP contribution in [0.3, 0.4) is 0 Å². The van der Waals surface area contributed by atoms with Gasteiger partial charge in [0.15, 0.2) is 0 Å². The molecular formula is C15H17ClN2O2S. The lowest BCUT2D eigenvalue weighted by Crippen LogP contribution is -2.36. The third-order valence-corrected chi connectivity index (χ3v) is 4.69. The Balaban J connectivity index is 2.49. The first-order valence-corrected chi connectivity index (χ1v) is 8.32. The van der Waals surface area contributed by atoms with Crippen molar-refractivity contribution in [2.75, 3.05) is 6.26 Å². The molecule has 1 atom stereocenters. The molecular weight excluding hydrogens is 308 g/mol. The van der Waals surface area contributed by atoms with Gasteiger partial charge in [-0.3, -0.25) is 14.3 Å². The zero-order valence-corrected chi connectivity index (χ0v) is 13.5. The van der Waals surface area contributed by atoms with E-state index in [0.717, 1.165) is 6.42 Å². The minimum atomic E-state index is -0.460. The van der Waals surface area contributed by atoms with Gasteiger partial charge in [0.05, 0.1) is 5.56 Å². The van der Waals surface area contributed by atoms with Crippen LogP contribution in [0.1, 0.15) is 13.3 Å². The monoisotopic (exact) mass is 324 g/mol. The number of rotatable bonds is 5. The zero-order valence-electron chi connectivity index (χ0n) is 11.9. The molecule has 0 fully saturated rings. The van der Waals surface area contributed by atoms with Crippen LogP contribution in [-0.2, 0) is 6.54 Å². The predicted molar refractivity (Wildman–Crippen MR) is 89.4 cm³/mol. The molecule has 2 rings (SSSR count). The number of hydrogen-bond acceptors (Lipinski definition) is 3. The lowest BCUT2D eigenvalue weighted by molar-refractivity contribution is 0.591. The van der Waals surface area contributed by atoms with Crippen molar-refractivity contribution in [1.29, 1.82) is 0 Å². The number of halogens is 1. The van der Waals surface area contributed by atoms with E-state index in [-0.39, 0.29) is 10.7 Å². The summed E-state index contributed by atoms with van der Waals surface area (Å²) in [4.78, 5) is 27.1. The first-order chi connectivity index (χ1) is 10.0. The third-order valence-electron chi connectivity index (χ3n) is 3.36. The van der Waals surface area contributed by atoms with Gasteiger partial charge in [-0.2, -0.15) is 11.8 Å². The van der Waals surface area contributed by atoms with Crippen molar-refractivity contribution in [1.82, 2.24) is 9.55 Å². The van der Waals surface area contributed by atoms with E-state index in [1.807, 2.05) is 24.5 Å². The van der Waals surface area contributed by atoms with E-state index in [0.29, 0.717) is 22.9 Å². The van der Waals surface area contributed by atoms with Crippen LogP contribution >= 0.6 is 23.4 Å². The van der Waals surface area contributed by atoms with Crippen molar-refractivity contribution < 1.29 is 0 Å². The number of nitrogens with one attached hydrogen (secondary N) is 1. The van der Waals surface area contributed by atoms with Gasteiger partial charge in [-0.1, -0.05) is 48.9 Å². The van der Waals surface area contributed by atoms with Crippen molar-refractivity contribution in [2.45, 2.75) is 25.1 Å². The van der Waals surface area contributed by atoms with Gasteiger partial charge in [0.1, 0.15) is 5.15 Å². The van der Waals surface area contributed by atoms with E-state index >= 15 is 0 Å². The molecule has 21 heavy (non-hydrogen) atoms. The number of hydrogen-bond donors (Lipinski definition) is 1. The molecule has 1 aromatic heterocycles. The number of nitrogens with zero attached hydrogens (tertiary/aromatic N) is 1. The fourth-order valence-electron chi connectivity index (χ4n) is 2.03. The largest absolute Gasteiger partial charge is 0.329 e. The summed E-state index contributed by atoms with van der Waals surface area (Å²) in [5.74, 6) is 0. The molecule has 2 aromatic rings. The number of thioether (sulfide) groups is 1.